The van der Waals surface area contributed by atoms with Gasteiger partial charge in [-0.05, 0) is 48.7 Å². The smallest absolute Gasteiger partial charge is 0.112 e. The van der Waals surface area contributed by atoms with Crippen molar-refractivity contribution in [2.45, 2.75) is 19.4 Å². The molecule has 0 aliphatic carbocycles. The zero-order valence-corrected chi connectivity index (χ0v) is 11.8. The van der Waals surface area contributed by atoms with Crippen LogP contribution in [0.25, 0.3) is 0 Å². The van der Waals surface area contributed by atoms with Crippen molar-refractivity contribution in [3.63, 3.8) is 0 Å². The number of hydrogen-bond donors (Lipinski definition) is 1. The normalized spacial score (nSPS) is 14.3. The van der Waals surface area contributed by atoms with Crippen LogP contribution in [-0.4, -0.2) is 5.11 Å². The average molecular weight is 281 g/mol. The Hall–Kier alpha value is -1.02. The Morgan fingerprint density at radius 3 is 2.28 bits per heavy atom. The van der Waals surface area contributed by atoms with E-state index in [-0.39, 0.29) is 0 Å². The van der Waals surface area contributed by atoms with Gasteiger partial charge in [-0.15, -0.1) is 0 Å². The molecule has 0 aliphatic heterocycles. The highest BCUT2D eigenvalue weighted by atomic mass is 35.5. The zero-order valence-electron chi connectivity index (χ0n) is 10.2. The number of rotatable bonds is 2. The average Bonchev–Trinajstić information content (AvgIpc) is 2.32. The Kier molecular flexibility index (Phi) is 3.67. The summed E-state index contributed by atoms with van der Waals surface area (Å²) in [5.41, 5.74) is 1.37. The minimum Gasteiger partial charge on any atom is -0.381 e. The third-order valence-electron chi connectivity index (χ3n) is 3.12. The Morgan fingerprint density at radius 1 is 1.00 bits per heavy atom. The van der Waals surface area contributed by atoms with Crippen molar-refractivity contribution >= 4 is 23.2 Å². The van der Waals surface area contributed by atoms with Crippen molar-refractivity contribution in [3.8, 4) is 0 Å². The van der Waals surface area contributed by atoms with E-state index in [1.165, 1.54) is 0 Å². The molecule has 2 rings (SSSR count). The van der Waals surface area contributed by atoms with Gasteiger partial charge in [-0.1, -0.05) is 47.5 Å². The fraction of sp³-hybridized carbons (Fsp3) is 0.200. The first-order valence-corrected chi connectivity index (χ1v) is 6.42. The zero-order chi connectivity index (χ0) is 13.3. The van der Waals surface area contributed by atoms with Crippen LogP contribution in [0.4, 0.5) is 0 Å². The Labute approximate surface area is 117 Å². The van der Waals surface area contributed by atoms with Crippen molar-refractivity contribution in [2.75, 3.05) is 0 Å². The van der Waals surface area contributed by atoms with Gasteiger partial charge in [0.05, 0.1) is 0 Å². The molecule has 0 fully saturated rings. The van der Waals surface area contributed by atoms with Crippen LogP contribution in [0, 0.1) is 6.92 Å². The van der Waals surface area contributed by atoms with E-state index in [9.17, 15) is 5.11 Å². The van der Waals surface area contributed by atoms with Crippen LogP contribution in [0.1, 0.15) is 23.6 Å². The Balaban J connectivity index is 2.50. The molecule has 1 unspecified atom stereocenters. The molecule has 18 heavy (non-hydrogen) atoms. The van der Waals surface area contributed by atoms with E-state index in [2.05, 4.69) is 0 Å². The molecular weight excluding hydrogens is 267 g/mol. The van der Waals surface area contributed by atoms with E-state index in [0.717, 1.165) is 16.7 Å². The van der Waals surface area contributed by atoms with Crippen LogP contribution in [0.2, 0.25) is 10.0 Å². The van der Waals surface area contributed by atoms with Gasteiger partial charge in [-0.2, -0.15) is 0 Å². The van der Waals surface area contributed by atoms with Crippen LogP contribution < -0.4 is 0 Å². The number of aliphatic hydroxyl groups is 1. The maximum absolute atomic E-state index is 10.7. The minimum absolute atomic E-state index is 0.603. The van der Waals surface area contributed by atoms with E-state index in [4.69, 9.17) is 23.2 Å². The van der Waals surface area contributed by atoms with Crippen LogP contribution in [0.5, 0.6) is 0 Å². The first kappa shape index (κ1) is 13.4. The third kappa shape index (κ3) is 2.54. The highest BCUT2D eigenvalue weighted by Crippen LogP contribution is 2.32. The molecule has 1 N–H and O–H groups in total. The van der Waals surface area contributed by atoms with E-state index < -0.39 is 5.60 Å². The van der Waals surface area contributed by atoms with Gasteiger partial charge in [0.25, 0.3) is 0 Å². The molecule has 0 amide bonds. The van der Waals surface area contributed by atoms with Crippen molar-refractivity contribution < 1.29 is 5.11 Å². The molecule has 2 aromatic carbocycles. The predicted octanol–water partition coefficient (Wildman–Crippen LogP) is 4.56. The quantitative estimate of drug-likeness (QED) is 0.855. The largest absolute Gasteiger partial charge is 0.381 e. The monoisotopic (exact) mass is 280 g/mol. The summed E-state index contributed by atoms with van der Waals surface area (Å²) < 4.78 is 0. The highest BCUT2D eigenvalue weighted by molar-refractivity contribution is 6.31. The van der Waals surface area contributed by atoms with Gasteiger partial charge in [-0.3, -0.25) is 0 Å². The molecule has 0 aliphatic rings. The molecule has 0 spiro atoms. The molecule has 0 aromatic heterocycles. The lowest BCUT2D eigenvalue weighted by molar-refractivity contribution is 0.102. The molecular formula is C15H14Cl2O. The molecule has 0 heterocycles. The van der Waals surface area contributed by atoms with Crippen molar-refractivity contribution in [3.05, 3.63) is 69.2 Å². The topological polar surface area (TPSA) is 20.2 Å². The Bertz CT molecular complexity index is 576. The molecule has 0 radical (unpaired) electrons. The number of aryl methyl sites for hydroxylation is 1. The molecule has 2 aromatic rings. The van der Waals surface area contributed by atoms with Gasteiger partial charge >= 0.3 is 0 Å². The van der Waals surface area contributed by atoms with Gasteiger partial charge in [0.15, 0.2) is 0 Å². The number of halogens is 2. The summed E-state index contributed by atoms with van der Waals surface area (Å²) in [5.74, 6) is 0. The summed E-state index contributed by atoms with van der Waals surface area (Å²) in [7, 11) is 0. The highest BCUT2D eigenvalue weighted by Gasteiger charge is 2.26. The second-order valence-corrected chi connectivity index (χ2v) is 5.39. The minimum atomic E-state index is -1.11. The van der Waals surface area contributed by atoms with Crippen LogP contribution in [0.15, 0.2) is 42.5 Å². The van der Waals surface area contributed by atoms with Crippen molar-refractivity contribution in [1.82, 2.24) is 0 Å². The lowest BCUT2D eigenvalue weighted by Crippen LogP contribution is -2.22. The first-order valence-electron chi connectivity index (χ1n) is 5.66. The van der Waals surface area contributed by atoms with E-state index >= 15 is 0 Å². The summed E-state index contributed by atoms with van der Waals surface area (Å²) in [6, 6.07) is 12.8. The summed E-state index contributed by atoms with van der Waals surface area (Å²) >= 11 is 12.1. The second-order valence-electron chi connectivity index (χ2n) is 4.55. The lowest BCUT2D eigenvalue weighted by atomic mass is 9.88. The van der Waals surface area contributed by atoms with Gasteiger partial charge in [0.1, 0.15) is 5.60 Å². The molecule has 1 atom stereocenters. The van der Waals surface area contributed by atoms with Crippen LogP contribution in [0.3, 0.4) is 0 Å². The van der Waals surface area contributed by atoms with Crippen LogP contribution in [-0.2, 0) is 5.60 Å². The second kappa shape index (κ2) is 4.93. The Morgan fingerprint density at radius 2 is 1.67 bits per heavy atom. The summed E-state index contributed by atoms with van der Waals surface area (Å²) in [5, 5.41) is 11.9. The van der Waals surface area contributed by atoms with Crippen molar-refractivity contribution in [1.29, 1.82) is 0 Å². The standard InChI is InChI=1S/C15H14Cl2O/c1-10-6-7-12(9-14(10)17)15(2,18)11-4-3-5-13(16)8-11/h3-9,18H,1-2H3. The van der Waals surface area contributed by atoms with E-state index in [1.54, 1.807) is 25.1 Å². The summed E-state index contributed by atoms with van der Waals surface area (Å²) in [6.07, 6.45) is 0. The molecule has 1 nitrogen and oxygen atoms in total. The maximum atomic E-state index is 10.7. The SMILES string of the molecule is Cc1ccc(C(C)(O)c2cccc(Cl)c2)cc1Cl. The molecule has 94 valence electrons. The number of hydrogen-bond acceptors (Lipinski definition) is 1. The number of benzene rings is 2. The third-order valence-corrected chi connectivity index (χ3v) is 3.76. The van der Waals surface area contributed by atoms with Gasteiger partial charge in [0, 0.05) is 10.0 Å². The van der Waals surface area contributed by atoms with Gasteiger partial charge in [0.2, 0.25) is 0 Å². The first-order chi connectivity index (χ1) is 8.41. The fourth-order valence-electron chi connectivity index (χ4n) is 1.85. The molecule has 0 bridgehead atoms. The maximum Gasteiger partial charge on any atom is 0.112 e. The van der Waals surface area contributed by atoms with E-state index in [1.807, 2.05) is 31.2 Å². The van der Waals surface area contributed by atoms with Crippen molar-refractivity contribution in [2.24, 2.45) is 0 Å². The summed E-state index contributed by atoms with van der Waals surface area (Å²) in [4.78, 5) is 0. The fourth-order valence-corrected chi connectivity index (χ4v) is 2.22. The van der Waals surface area contributed by atoms with E-state index in [0.29, 0.717) is 10.0 Å². The molecule has 3 heteroatoms. The predicted molar refractivity (Wildman–Crippen MR) is 76.3 cm³/mol. The lowest BCUT2D eigenvalue weighted by Gasteiger charge is -2.25. The van der Waals surface area contributed by atoms with Crippen LogP contribution >= 0.6 is 23.2 Å². The van der Waals surface area contributed by atoms with Gasteiger partial charge in [-0.25, -0.2) is 0 Å². The van der Waals surface area contributed by atoms with Gasteiger partial charge < -0.3 is 5.11 Å². The summed E-state index contributed by atoms with van der Waals surface area (Å²) in [6.45, 7) is 3.67. The molecule has 0 saturated carbocycles. The molecule has 0 saturated heterocycles.